The topological polar surface area (TPSA) is 140 Å². The summed E-state index contributed by atoms with van der Waals surface area (Å²) >= 11 is 24.0. The molecule has 5 rings (SSSR count). The molecular formula is C40H34Cl4N2O6. The molecule has 0 saturated heterocycles. The first kappa shape index (κ1) is 41.5. The number of esters is 1. The molecular weight excluding hydrogens is 746 g/mol. The van der Waals surface area contributed by atoms with Gasteiger partial charge in [-0.1, -0.05) is 102 Å². The van der Waals surface area contributed by atoms with Crippen LogP contribution in [0.5, 0.6) is 0 Å². The molecule has 0 saturated carbocycles. The molecule has 268 valence electrons. The maximum absolute atomic E-state index is 12.9. The van der Waals surface area contributed by atoms with Crippen LogP contribution in [0.25, 0.3) is 11.3 Å². The van der Waals surface area contributed by atoms with E-state index in [2.05, 4.69) is 6.07 Å². The van der Waals surface area contributed by atoms with Crippen LogP contribution >= 0.6 is 46.4 Å². The van der Waals surface area contributed by atoms with E-state index in [1.807, 2.05) is 43.3 Å². The average molecular weight is 781 g/mol. The van der Waals surface area contributed by atoms with Gasteiger partial charge in [-0.05, 0) is 79.4 Å². The number of ketones is 1. The summed E-state index contributed by atoms with van der Waals surface area (Å²) in [6.45, 7) is 3.91. The Bertz CT molecular complexity index is 2030. The summed E-state index contributed by atoms with van der Waals surface area (Å²) in [5.41, 5.74) is 10.1. The predicted octanol–water partition coefficient (Wildman–Crippen LogP) is 10.6. The van der Waals surface area contributed by atoms with Gasteiger partial charge in [0, 0.05) is 49.1 Å². The van der Waals surface area contributed by atoms with Crippen molar-refractivity contribution < 1.29 is 28.3 Å². The number of carbonyl (C=O) groups excluding carboxylic acids is 4. The van der Waals surface area contributed by atoms with Gasteiger partial charge in [0.05, 0.1) is 18.6 Å². The molecule has 0 aliphatic heterocycles. The van der Waals surface area contributed by atoms with Crippen molar-refractivity contribution in [1.82, 2.24) is 0 Å². The van der Waals surface area contributed by atoms with Crippen molar-refractivity contribution in [2.24, 2.45) is 11.8 Å². The van der Waals surface area contributed by atoms with Gasteiger partial charge in [0.15, 0.2) is 5.78 Å². The van der Waals surface area contributed by atoms with Crippen LogP contribution in [-0.2, 0) is 27.2 Å². The average Bonchev–Trinajstić information content (AvgIpc) is 3.45. The highest BCUT2D eigenvalue weighted by Gasteiger charge is 2.29. The quantitative estimate of drug-likeness (QED) is 0.103. The Hall–Kier alpha value is -4.87. The molecule has 12 heteroatoms. The Labute approximate surface area is 322 Å². The number of carbonyl (C=O) groups is 2. The summed E-state index contributed by atoms with van der Waals surface area (Å²) in [5.74, 6) is -0.756. The fraction of sp³-hybridized carbons (Fsp3) is 0.200. The third-order valence-electron chi connectivity index (χ3n) is 7.80. The van der Waals surface area contributed by atoms with Gasteiger partial charge in [0.1, 0.15) is 11.3 Å². The second-order valence-corrected chi connectivity index (χ2v) is 13.0. The molecule has 8 nitrogen and oxygen atoms in total. The fourth-order valence-corrected chi connectivity index (χ4v) is 6.00. The summed E-state index contributed by atoms with van der Waals surface area (Å²) in [4.78, 5) is 41.6. The fourth-order valence-electron chi connectivity index (χ4n) is 5.36. The van der Waals surface area contributed by atoms with Gasteiger partial charge in [-0.25, -0.2) is 4.79 Å². The molecule has 0 radical (unpaired) electrons. The van der Waals surface area contributed by atoms with Crippen molar-refractivity contribution in [3.8, 4) is 17.4 Å². The van der Waals surface area contributed by atoms with Crippen LogP contribution in [0, 0.1) is 23.2 Å². The van der Waals surface area contributed by atoms with E-state index in [9.17, 15) is 14.9 Å². The zero-order valence-electron chi connectivity index (χ0n) is 28.2. The van der Waals surface area contributed by atoms with E-state index in [-0.39, 0.29) is 35.9 Å². The lowest BCUT2D eigenvalue weighted by Gasteiger charge is -2.20. The van der Waals surface area contributed by atoms with Crippen LogP contribution in [-0.4, -0.2) is 24.5 Å². The molecule has 1 aromatic heterocycles. The van der Waals surface area contributed by atoms with Crippen LogP contribution in [0.2, 0.25) is 20.1 Å². The zero-order valence-corrected chi connectivity index (χ0v) is 31.2. The molecule has 0 amide bonds. The highest BCUT2D eigenvalue weighted by molar-refractivity contribution is 6.31. The minimum atomic E-state index is -0.508. The third kappa shape index (κ3) is 11.8. The number of rotatable bonds is 11. The number of hydrogen-bond donors (Lipinski definition) is 1. The monoisotopic (exact) mass is 778 g/mol. The van der Waals surface area contributed by atoms with Gasteiger partial charge in [0.25, 0.3) is 0 Å². The van der Waals surface area contributed by atoms with Crippen molar-refractivity contribution >= 4 is 70.2 Å². The van der Waals surface area contributed by atoms with Crippen LogP contribution in [0.4, 0.5) is 5.88 Å². The molecule has 2 N–H and O–H groups in total. The van der Waals surface area contributed by atoms with Crippen LogP contribution in [0.1, 0.15) is 57.7 Å². The molecule has 1 heterocycles. The molecule has 52 heavy (non-hydrogen) atoms. The van der Waals surface area contributed by atoms with E-state index >= 15 is 0 Å². The Kier molecular flexibility index (Phi) is 16.7. The first-order valence-corrected chi connectivity index (χ1v) is 17.5. The number of anilines is 1. The van der Waals surface area contributed by atoms with Crippen molar-refractivity contribution in [1.29, 1.82) is 5.26 Å². The summed E-state index contributed by atoms with van der Waals surface area (Å²) in [7, 11) is 0. The molecule has 0 fully saturated rings. The summed E-state index contributed by atoms with van der Waals surface area (Å²) in [6.07, 6.45) is 1.82. The van der Waals surface area contributed by atoms with Crippen LogP contribution in [0.15, 0.2) is 101 Å². The highest BCUT2D eigenvalue weighted by Crippen LogP contribution is 2.36. The van der Waals surface area contributed by atoms with Crippen LogP contribution in [0.3, 0.4) is 0 Å². The van der Waals surface area contributed by atoms with Gasteiger partial charge >= 0.3 is 12.1 Å². The number of nitrogens with two attached hydrogens (primary N) is 1. The van der Waals surface area contributed by atoms with Gasteiger partial charge in [-0.2, -0.15) is 14.9 Å². The first-order valence-electron chi connectivity index (χ1n) is 16.0. The molecule has 0 bridgehead atoms. The summed E-state index contributed by atoms with van der Waals surface area (Å²) < 4.78 is 10.9. The van der Waals surface area contributed by atoms with Gasteiger partial charge in [0.2, 0.25) is 5.88 Å². The molecule has 5 aromatic rings. The number of furan rings is 1. The zero-order chi connectivity index (χ0) is 38.2. The molecule has 4 aromatic carbocycles. The predicted molar refractivity (Wildman–Crippen MR) is 203 cm³/mol. The number of nitrogen functional groups attached to an aromatic ring is 1. The molecule has 0 aliphatic carbocycles. The van der Waals surface area contributed by atoms with Crippen molar-refractivity contribution in [2.45, 2.75) is 33.1 Å². The number of benzene rings is 4. The SMILES string of the molecule is CCC(C#N)C(Cc1ccc(Cl)cc1)C(=O)c1cccc(Cl)c1.CCOC(=O)c1c(N)oc(-c2cccc(Cl)c2)c1Cc1ccc(Cl)cc1.O=C=O. The van der Waals surface area contributed by atoms with E-state index in [1.165, 1.54) is 0 Å². The maximum Gasteiger partial charge on any atom is 0.373 e. The van der Waals surface area contributed by atoms with Crippen molar-refractivity contribution in [2.75, 3.05) is 12.3 Å². The standard InChI is InChI=1S/C20H17Cl2NO3.C19H17Cl2NO.CO2/c1-2-25-20(24)17-16(10-12-6-8-14(21)9-7-12)18(26-19(17)23)13-4-3-5-15(22)11-13;1-2-14(12-22)18(10-13-6-8-16(20)9-7-13)19(23)15-4-3-5-17(21)11-15;2-1-3/h3-9,11H,2,10,23H2,1H3;3-9,11,14,18H,2,10H2,1H3;. The van der Waals surface area contributed by atoms with E-state index in [0.29, 0.717) is 56.2 Å². The summed E-state index contributed by atoms with van der Waals surface area (Å²) in [5, 5.41) is 11.8. The molecule has 0 aliphatic rings. The number of nitrogens with zero attached hydrogens (tertiary/aromatic N) is 1. The van der Waals surface area contributed by atoms with Crippen LogP contribution < -0.4 is 5.73 Å². The first-order chi connectivity index (χ1) is 24.9. The van der Waals surface area contributed by atoms with E-state index < -0.39 is 11.9 Å². The second kappa shape index (κ2) is 20.8. The Morgan fingerprint density at radius 3 is 1.88 bits per heavy atom. The highest BCUT2D eigenvalue weighted by atomic mass is 35.5. The normalized spacial score (nSPS) is 11.3. The maximum atomic E-state index is 12.9. The Morgan fingerprint density at radius 2 is 1.37 bits per heavy atom. The molecule has 2 atom stereocenters. The third-order valence-corrected chi connectivity index (χ3v) is 8.78. The van der Waals surface area contributed by atoms with Gasteiger partial charge in [-0.3, -0.25) is 4.79 Å². The lowest BCUT2D eigenvalue weighted by Crippen LogP contribution is -2.25. The van der Waals surface area contributed by atoms with Crippen molar-refractivity contribution in [3.63, 3.8) is 0 Å². The van der Waals surface area contributed by atoms with Gasteiger partial charge in [-0.15, -0.1) is 0 Å². The summed E-state index contributed by atoms with van der Waals surface area (Å²) in [6, 6.07) is 31.1. The second-order valence-electron chi connectivity index (χ2n) is 11.2. The minimum Gasteiger partial charge on any atom is -0.462 e. The Morgan fingerprint density at radius 1 is 0.808 bits per heavy atom. The van der Waals surface area contributed by atoms with E-state index in [0.717, 1.165) is 16.7 Å². The number of halogens is 4. The molecule has 2 unspecified atom stereocenters. The number of hydrogen-bond acceptors (Lipinski definition) is 8. The number of Topliss-reactive ketones (excluding diaryl/α,β-unsaturated/α-hetero) is 1. The minimum absolute atomic E-state index is 0.0300. The van der Waals surface area contributed by atoms with Gasteiger partial charge < -0.3 is 14.9 Å². The lowest BCUT2D eigenvalue weighted by molar-refractivity contribution is -0.191. The smallest absolute Gasteiger partial charge is 0.373 e. The van der Waals surface area contributed by atoms with E-state index in [1.54, 1.807) is 67.6 Å². The Balaban J connectivity index is 0.000000263. The van der Waals surface area contributed by atoms with E-state index in [4.69, 9.17) is 70.9 Å². The number of ether oxygens (including phenoxy) is 1. The molecule has 0 spiro atoms. The van der Waals surface area contributed by atoms with Crippen molar-refractivity contribution in [3.05, 3.63) is 145 Å². The largest absolute Gasteiger partial charge is 0.462 e. The number of nitriles is 1. The lowest BCUT2D eigenvalue weighted by atomic mass is 9.81.